The van der Waals surface area contributed by atoms with E-state index in [4.69, 9.17) is 9.47 Å². The molecule has 172 valence electrons. The lowest BCUT2D eigenvalue weighted by molar-refractivity contribution is -0.153. The molecule has 0 aliphatic rings. The van der Waals surface area contributed by atoms with Gasteiger partial charge in [-0.2, -0.15) is 13.2 Å². The summed E-state index contributed by atoms with van der Waals surface area (Å²) in [7, 11) is 1.61. The molecule has 0 saturated heterocycles. The summed E-state index contributed by atoms with van der Waals surface area (Å²) in [6, 6.07) is 6.41. The first-order valence-corrected chi connectivity index (χ1v) is 9.18. The average molecular weight is 546 g/mol. The molecule has 3 N–H and O–H groups in total. The van der Waals surface area contributed by atoms with Gasteiger partial charge in [0.15, 0.2) is 12.6 Å². The number of nitrogens with one attached hydrogen (secondary N) is 3. The quantitative estimate of drug-likeness (QED) is 0.200. The molecule has 7 nitrogen and oxygen atoms in total. The maximum Gasteiger partial charge on any atom is 0.422 e. The Bertz CT molecular complexity index is 680. The number of alkyl carbamates (subject to hydrolysis) is 1. The van der Waals surface area contributed by atoms with Crippen LogP contribution in [0.1, 0.15) is 32.8 Å². The van der Waals surface area contributed by atoms with Crippen molar-refractivity contribution in [3.05, 3.63) is 29.8 Å². The zero-order valence-corrected chi connectivity index (χ0v) is 19.9. The second-order valence-electron chi connectivity index (χ2n) is 7.19. The van der Waals surface area contributed by atoms with Crippen LogP contribution in [0.4, 0.5) is 18.0 Å². The van der Waals surface area contributed by atoms with E-state index in [2.05, 4.69) is 20.9 Å². The first kappa shape index (κ1) is 28.1. The predicted octanol–water partition coefficient (Wildman–Crippen LogP) is 3.83. The van der Waals surface area contributed by atoms with Crippen LogP contribution in [-0.2, 0) is 11.3 Å². The fourth-order valence-corrected chi connectivity index (χ4v) is 2.12. The number of hydrogen-bond acceptors (Lipinski definition) is 4. The summed E-state index contributed by atoms with van der Waals surface area (Å²) in [4.78, 5) is 15.6. The first-order chi connectivity index (χ1) is 13.5. The van der Waals surface area contributed by atoms with Crippen LogP contribution in [0.2, 0.25) is 0 Å². The molecule has 1 aromatic carbocycles. The number of guanidine groups is 1. The van der Waals surface area contributed by atoms with Gasteiger partial charge in [0.1, 0.15) is 11.4 Å². The number of carbonyl (C=O) groups is 1. The average Bonchev–Trinajstić information content (AvgIpc) is 2.60. The molecule has 0 saturated carbocycles. The highest BCUT2D eigenvalue weighted by atomic mass is 127. The number of hydrogen-bond donors (Lipinski definition) is 3. The van der Waals surface area contributed by atoms with Gasteiger partial charge in [0.05, 0.1) is 0 Å². The number of carbonyl (C=O) groups excluding carboxylic acids is 1. The van der Waals surface area contributed by atoms with Gasteiger partial charge in [-0.05, 0) is 44.9 Å². The number of benzene rings is 1. The molecule has 0 bridgehead atoms. The Morgan fingerprint density at radius 3 is 2.37 bits per heavy atom. The predicted molar refractivity (Wildman–Crippen MR) is 120 cm³/mol. The maximum atomic E-state index is 12.2. The SMILES string of the molecule is CN=C(NCCCNC(=O)OC(C)(C)C)NCc1cccc(OCC(F)(F)F)c1.I. The molecule has 0 aliphatic carbocycles. The normalized spacial score (nSPS) is 11.9. The Morgan fingerprint density at radius 1 is 1.10 bits per heavy atom. The monoisotopic (exact) mass is 546 g/mol. The van der Waals surface area contributed by atoms with Crippen molar-refractivity contribution >= 4 is 36.0 Å². The van der Waals surface area contributed by atoms with E-state index in [-0.39, 0.29) is 29.7 Å². The standard InChI is InChI=1S/C19H29F3N4O3.HI/c1-18(2,3)29-17(27)25-10-6-9-24-16(23-4)26-12-14-7-5-8-15(11-14)28-13-19(20,21)22;/h5,7-8,11H,6,9-10,12-13H2,1-4H3,(H,25,27)(H2,23,24,26);1H. The second-order valence-corrected chi connectivity index (χ2v) is 7.19. The molecule has 11 heteroatoms. The number of nitrogens with zero attached hydrogens (tertiary/aromatic N) is 1. The van der Waals surface area contributed by atoms with Crippen molar-refractivity contribution in [3.63, 3.8) is 0 Å². The van der Waals surface area contributed by atoms with Gasteiger partial charge >= 0.3 is 12.3 Å². The van der Waals surface area contributed by atoms with E-state index in [1.807, 2.05) is 0 Å². The van der Waals surface area contributed by atoms with E-state index < -0.39 is 24.5 Å². The fraction of sp³-hybridized carbons (Fsp3) is 0.579. The Kier molecular flexibility index (Phi) is 12.5. The van der Waals surface area contributed by atoms with Crippen molar-refractivity contribution in [2.75, 3.05) is 26.7 Å². The van der Waals surface area contributed by atoms with Gasteiger partial charge in [-0.25, -0.2) is 4.79 Å². The van der Waals surface area contributed by atoms with Crippen molar-refractivity contribution in [2.45, 2.75) is 45.5 Å². The Balaban J connectivity index is 0.00000841. The van der Waals surface area contributed by atoms with Crippen LogP contribution in [0, 0.1) is 0 Å². The molecule has 0 aromatic heterocycles. The summed E-state index contributed by atoms with van der Waals surface area (Å²) >= 11 is 0. The van der Waals surface area contributed by atoms with Gasteiger partial charge in [-0.15, -0.1) is 24.0 Å². The summed E-state index contributed by atoms with van der Waals surface area (Å²) in [5.74, 6) is 0.682. The molecule has 0 heterocycles. The van der Waals surface area contributed by atoms with Gasteiger partial charge in [0, 0.05) is 26.7 Å². The molecule has 0 spiro atoms. The van der Waals surface area contributed by atoms with E-state index in [0.29, 0.717) is 32.0 Å². The molecule has 0 radical (unpaired) electrons. The van der Waals surface area contributed by atoms with Crippen LogP contribution in [0.3, 0.4) is 0 Å². The van der Waals surface area contributed by atoms with E-state index in [1.54, 1.807) is 40.0 Å². The van der Waals surface area contributed by atoms with Crippen molar-refractivity contribution in [3.8, 4) is 5.75 Å². The smallest absolute Gasteiger partial charge is 0.422 e. The molecular weight excluding hydrogens is 516 g/mol. The highest BCUT2D eigenvalue weighted by Gasteiger charge is 2.28. The number of ether oxygens (including phenoxy) is 2. The second kappa shape index (κ2) is 13.4. The summed E-state index contributed by atoms with van der Waals surface area (Å²) in [5, 5.41) is 8.82. The number of rotatable bonds is 8. The van der Waals surface area contributed by atoms with Gasteiger partial charge in [-0.3, -0.25) is 4.99 Å². The van der Waals surface area contributed by atoms with Crippen LogP contribution in [0.15, 0.2) is 29.3 Å². The van der Waals surface area contributed by atoms with Crippen molar-refractivity contribution < 1.29 is 27.4 Å². The summed E-state index contributed by atoms with van der Waals surface area (Å²) in [6.45, 7) is 5.41. The molecule has 1 aromatic rings. The van der Waals surface area contributed by atoms with E-state index in [9.17, 15) is 18.0 Å². The third-order valence-corrected chi connectivity index (χ3v) is 3.30. The molecular formula is C19H30F3IN4O3. The summed E-state index contributed by atoms with van der Waals surface area (Å²) < 4.78 is 46.6. The largest absolute Gasteiger partial charge is 0.484 e. The Labute approximate surface area is 192 Å². The van der Waals surface area contributed by atoms with Gasteiger partial charge in [0.25, 0.3) is 0 Å². The summed E-state index contributed by atoms with van der Waals surface area (Å²) in [5.41, 5.74) is 0.211. The van der Waals surface area contributed by atoms with Crippen LogP contribution >= 0.6 is 24.0 Å². The van der Waals surface area contributed by atoms with Crippen molar-refractivity contribution in [1.82, 2.24) is 16.0 Å². The highest BCUT2D eigenvalue weighted by Crippen LogP contribution is 2.19. The number of alkyl halides is 3. The number of halogens is 4. The highest BCUT2D eigenvalue weighted by molar-refractivity contribution is 14.0. The maximum absolute atomic E-state index is 12.2. The van der Waals surface area contributed by atoms with E-state index >= 15 is 0 Å². The van der Waals surface area contributed by atoms with Crippen LogP contribution in [0.5, 0.6) is 5.75 Å². The molecule has 1 rings (SSSR count). The van der Waals surface area contributed by atoms with Gasteiger partial charge in [-0.1, -0.05) is 12.1 Å². The number of aliphatic imine (C=N–C) groups is 1. The van der Waals surface area contributed by atoms with Crippen LogP contribution in [-0.4, -0.2) is 50.6 Å². The lowest BCUT2D eigenvalue weighted by Gasteiger charge is -2.19. The topological polar surface area (TPSA) is 84.0 Å². The minimum Gasteiger partial charge on any atom is -0.484 e. The molecule has 0 unspecified atom stereocenters. The van der Waals surface area contributed by atoms with E-state index in [0.717, 1.165) is 5.56 Å². The minimum absolute atomic E-state index is 0. The zero-order chi connectivity index (χ0) is 21.9. The third kappa shape index (κ3) is 14.1. The molecule has 1 amide bonds. The van der Waals surface area contributed by atoms with Crippen LogP contribution in [0.25, 0.3) is 0 Å². The lowest BCUT2D eigenvalue weighted by atomic mass is 10.2. The third-order valence-electron chi connectivity index (χ3n) is 3.30. The minimum atomic E-state index is -4.38. The Morgan fingerprint density at radius 2 is 1.77 bits per heavy atom. The lowest BCUT2D eigenvalue weighted by Crippen LogP contribution is -2.39. The molecule has 0 fully saturated rings. The van der Waals surface area contributed by atoms with Crippen molar-refractivity contribution in [2.24, 2.45) is 4.99 Å². The molecule has 0 aliphatic heterocycles. The number of amides is 1. The van der Waals surface area contributed by atoms with Gasteiger partial charge in [0.2, 0.25) is 0 Å². The summed E-state index contributed by atoms with van der Waals surface area (Å²) in [6.07, 6.45) is -4.19. The van der Waals surface area contributed by atoms with Crippen molar-refractivity contribution in [1.29, 1.82) is 0 Å². The van der Waals surface area contributed by atoms with Gasteiger partial charge < -0.3 is 25.4 Å². The fourth-order valence-electron chi connectivity index (χ4n) is 2.12. The zero-order valence-electron chi connectivity index (χ0n) is 17.6. The first-order valence-electron chi connectivity index (χ1n) is 9.18. The molecule has 30 heavy (non-hydrogen) atoms. The Hall–Kier alpha value is -1.92. The van der Waals surface area contributed by atoms with E-state index in [1.165, 1.54) is 12.1 Å². The molecule has 0 atom stereocenters. The van der Waals surface area contributed by atoms with Crippen LogP contribution < -0.4 is 20.7 Å².